The van der Waals surface area contributed by atoms with E-state index >= 15 is 0 Å². The highest BCUT2D eigenvalue weighted by Gasteiger charge is 2.35. The van der Waals surface area contributed by atoms with Gasteiger partial charge in [0, 0.05) is 11.5 Å². The number of ketones is 1. The first-order valence-corrected chi connectivity index (χ1v) is 6.43. The van der Waals surface area contributed by atoms with Crippen LogP contribution in [0.1, 0.15) is 41.6 Å². The van der Waals surface area contributed by atoms with Gasteiger partial charge in [-0.15, -0.1) is 0 Å². The molecule has 0 bridgehead atoms. The maximum Gasteiger partial charge on any atom is 0.307 e. The third-order valence-corrected chi connectivity index (χ3v) is 3.76. The van der Waals surface area contributed by atoms with Crippen molar-refractivity contribution in [3.8, 4) is 0 Å². The Morgan fingerprint density at radius 1 is 1.06 bits per heavy atom. The van der Waals surface area contributed by atoms with E-state index in [0.717, 1.165) is 18.4 Å². The molecule has 3 heteroatoms. The number of rotatable bonds is 3. The number of carboxylic acids is 1. The van der Waals surface area contributed by atoms with Crippen LogP contribution in [0.3, 0.4) is 0 Å². The Balaban J connectivity index is 2.20. The first kappa shape index (κ1) is 12.8. The first-order chi connectivity index (χ1) is 8.59. The molecule has 1 aromatic carbocycles. The van der Waals surface area contributed by atoms with Crippen molar-refractivity contribution in [3.05, 3.63) is 35.4 Å². The molecule has 0 amide bonds. The first-order valence-electron chi connectivity index (χ1n) is 6.43. The summed E-state index contributed by atoms with van der Waals surface area (Å²) in [6, 6.07) is 7.38. The minimum Gasteiger partial charge on any atom is -0.481 e. The molecule has 0 spiro atoms. The highest BCUT2D eigenvalue weighted by molar-refractivity contribution is 6.00. The highest BCUT2D eigenvalue weighted by Crippen LogP contribution is 2.32. The molecule has 1 aliphatic carbocycles. The molecule has 0 radical (unpaired) electrons. The number of carbonyl (C=O) groups is 2. The fourth-order valence-corrected chi connectivity index (χ4v) is 2.67. The Kier molecular flexibility index (Phi) is 3.80. The zero-order valence-corrected chi connectivity index (χ0v) is 10.6. The van der Waals surface area contributed by atoms with E-state index in [1.54, 1.807) is 12.1 Å². The fourth-order valence-electron chi connectivity index (χ4n) is 2.67. The molecule has 2 rings (SSSR count). The molecule has 3 nitrogen and oxygen atoms in total. The molecule has 1 N–H and O–H groups in total. The van der Waals surface area contributed by atoms with Crippen molar-refractivity contribution in [2.45, 2.75) is 32.6 Å². The second-order valence-electron chi connectivity index (χ2n) is 5.07. The summed E-state index contributed by atoms with van der Waals surface area (Å²) in [7, 11) is 0. The Hall–Kier alpha value is -1.64. The van der Waals surface area contributed by atoms with Gasteiger partial charge in [0.2, 0.25) is 0 Å². The van der Waals surface area contributed by atoms with E-state index in [1.165, 1.54) is 0 Å². The summed E-state index contributed by atoms with van der Waals surface area (Å²) in [4.78, 5) is 23.6. The van der Waals surface area contributed by atoms with Gasteiger partial charge in [-0.3, -0.25) is 9.59 Å². The topological polar surface area (TPSA) is 54.4 Å². The number of Topliss-reactive ketones (excluding diaryl/α,β-unsaturated/α-hetero) is 1. The third kappa shape index (κ3) is 2.61. The monoisotopic (exact) mass is 246 g/mol. The number of benzene rings is 1. The molecule has 0 unspecified atom stereocenters. The van der Waals surface area contributed by atoms with E-state index in [-0.39, 0.29) is 11.7 Å². The van der Waals surface area contributed by atoms with Crippen LogP contribution in [0.5, 0.6) is 0 Å². The number of carboxylic acid groups (broad SMARTS) is 1. The highest BCUT2D eigenvalue weighted by atomic mass is 16.4. The van der Waals surface area contributed by atoms with Gasteiger partial charge in [-0.1, -0.05) is 42.7 Å². The second-order valence-corrected chi connectivity index (χ2v) is 5.07. The molecule has 0 heterocycles. The van der Waals surface area contributed by atoms with Crippen molar-refractivity contribution in [1.82, 2.24) is 0 Å². The zero-order valence-electron chi connectivity index (χ0n) is 10.6. The average Bonchev–Trinajstić information content (AvgIpc) is 2.39. The van der Waals surface area contributed by atoms with Gasteiger partial charge in [-0.25, -0.2) is 0 Å². The Morgan fingerprint density at radius 2 is 1.61 bits per heavy atom. The summed E-state index contributed by atoms with van der Waals surface area (Å²) in [6.45, 7) is 1.97. The molecular formula is C15H18O3. The van der Waals surface area contributed by atoms with Gasteiger partial charge in [-0.05, 0) is 19.8 Å². The van der Waals surface area contributed by atoms with Gasteiger partial charge in [0.05, 0.1) is 5.92 Å². The van der Waals surface area contributed by atoms with Crippen molar-refractivity contribution in [2.24, 2.45) is 11.8 Å². The molecular weight excluding hydrogens is 228 g/mol. The summed E-state index contributed by atoms with van der Waals surface area (Å²) < 4.78 is 0. The SMILES string of the molecule is Cc1ccc(C(=O)[C@H]2CCCC[C@H]2C(=O)O)cc1. The van der Waals surface area contributed by atoms with Crippen molar-refractivity contribution in [3.63, 3.8) is 0 Å². The van der Waals surface area contributed by atoms with Crippen LogP contribution in [-0.4, -0.2) is 16.9 Å². The van der Waals surface area contributed by atoms with Crippen LogP contribution in [0.15, 0.2) is 24.3 Å². The molecule has 1 saturated carbocycles. The van der Waals surface area contributed by atoms with Gasteiger partial charge in [0.15, 0.2) is 5.78 Å². The predicted octanol–water partition coefficient (Wildman–Crippen LogP) is 3.07. The average molecular weight is 246 g/mol. The molecule has 1 aliphatic rings. The van der Waals surface area contributed by atoms with Gasteiger partial charge in [0.25, 0.3) is 0 Å². The van der Waals surface area contributed by atoms with E-state index in [0.29, 0.717) is 18.4 Å². The minimum absolute atomic E-state index is 0.0119. The van der Waals surface area contributed by atoms with Crippen LogP contribution in [0.4, 0.5) is 0 Å². The van der Waals surface area contributed by atoms with E-state index in [4.69, 9.17) is 0 Å². The molecule has 1 fully saturated rings. The lowest BCUT2D eigenvalue weighted by Crippen LogP contribution is -2.32. The number of aliphatic carboxylic acids is 1. The van der Waals surface area contributed by atoms with Crippen molar-refractivity contribution in [2.75, 3.05) is 0 Å². The van der Waals surface area contributed by atoms with Gasteiger partial charge < -0.3 is 5.11 Å². The Labute approximate surface area is 107 Å². The zero-order chi connectivity index (χ0) is 13.1. The van der Waals surface area contributed by atoms with E-state index in [1.807, 2.05) is 19.1 Å². The number of hydrogen-bond donors (Lipinski definition) is 1. The lowest BCUT2D eigenvalue weighted by Gasteiger charge is -2.27. The quantitative estimate of drug-likeness (QED) is 0.834. The summed E-state index contributed by atoms with van der Waals surface area (Å²) >= 11 is 0. The van der Waals surface area contributed by atoms with Crippen LogP contribution in [0.25, 0.3) is 0 Å². The molecule has 18 heavy (non-hydrogen) atoms. The van der Waals surface area contributed by atoms with Crippen molar-refractivity contribution < 1.29 is 14.7 Å². The predicted molar refractivity (Wildman–Crippen MR) is 68.6 cm³/mol. The lowest BCUT2D eigenvalue weighted by atomic mass is 9.75. The molecule has 0 saturated heterocycles. The summed E-state index contributed by atoms with van der Waals surface area (Å²) in [5.74, 6) is -1.70. The van der Waals surface area contributed by atoms with Gasteiger partial charge >= 0.3 is 5.97 Å². The summed E-state index contributed by atoms with van der Waals surface area (Å²) in [5.41, 5.74) is 1.74. The number of aryl methyl sites for hydroxylation is 1. The van der Waals surface area contributed by atoms with Gasteiger partial charge in [-0.2, -0.15) is 0 Å². The molecule has 0 aromatic heterocycles. The largest absolute Gasteiger partial charge is 0.481 e. The van der Waals surface area contributed by atoms with E-state index in [9.17, 15) is 14.7 Å². The molecule has 2 atom stereocenters. The van der Waals surface area contributed by atoms with Crippen LogP contribution in [0, 0.1) is 18.8 Å². The van der Waals surface area contributed by atoms with Crippen molar-refractivity contribution >= 4 is 11.8 Å². The number of hydrogen-bond acceptors (Lipinski definition) is 2. The van der Waals surface area contributed by atoms with E-state index in [2.05, 4.69) is 0 Å². The standard InChI is InChI=1S/C15H18O3/c1-10-6-8-11(9-7-10)14(16)12-4-2-3-5-13(12)15(17)18/h6-9,12-13H,2-5H2,1H3,(H,17,18)/t12-,13+/m0/s1. The summed E-state index contributed by atoms with van der Waals surface area (Å²) in [5, 5.41) is 9.20. The molecule has 96 valence electrons. The van der Waals surface area contributed by atoms with Crippen LogP contribution in [0.2, 0.25) is 0 Å². The third-order valence-electron chi connectivity index (χ3n) is 3.76. The smallest absolute Gasteiger partial charge is 0.307 e. The maximum atomic E-state index is 12.4. The van der Waals surface area contributed by atoms with Crippen LogP contribution < -0.4 is 0 Å². The normalized spacial score (nSPS) is 23.6. The maximum absolute atomic E-state index is 12.4. The lowest BCUT2D eigenvalue weighted by molar-refractivity contribution is -0.144. The summed E-state index contributed by atoms with van der Waals surface area (Å²) in [6.07, 6.45) is 3.18. The minimum atomic E-state index is -0.833. The molecule has 1 aromatic rings. The fraction of sp³-hybridized carbons (Fsp3) is 0.467. The van der Waals surface area contributed by atoms with Gasteiger partial charge in [0.1, 0.15) is 0 Å². The van der Waals surface area contributed by atoms with E-state index < -0.39 is 11.9 Å². The van der Waals surface area contributed by atoms with Crippen molar-refractivity contribution in [1.29, 1.82) is 0 Å². The molecule has 0 aliphatic heterocycles. The second kappa shape index (κ2) is 5.34. The van der Waals surface area contributed by atoms with Crippen LogP contribution >= 0.6 is 0 Å². The Bertz CT molecular complexity index is 447. The number of carbonyl (C=O) groups excluding carboxylic acids is 1. The van der Waals surface area contributed by atoms with Crippen LogP contribution in [-0.2, 0) is 4.79 Å². The Morgan fingerprint density at radius 3 is 2.17 bits per heavy atom.